The largest absolute Gasteiger partial charge is 0.507 e. The van der Waals surface area contributed by atoms with E-state index in [1.807, 2.05) is 24.3 Å². The fourth-order valence-electron chi connectivity index (χ4n) is 6.09. The molecule has 0 saturated heterocycles. The lowest BCUT2D eigenvalue weighted by Crippen LogP contribution is -2.17. The van der Waals surface area contributed by atoms with Gasteiger partial charge in [0, 0.05) is 34.2 Å². The van der Waals surface area contributed by atoms with Gasteiger partial charge in [0.2, 0.25) is 0 Å². The summed E-state index contributed by atoms with van der Waals surface area (Å²) in [5, 5.41) is 11.5. The van der Waals surface area contributed by atoms with Crippen LogP contribution in [0.4, 0.5) is 5.69 Å². The molecular formula is C43H45N3O. The molecular weight excluding hydrogens is 574 g/mol. The van der Waals surface area contributed by atoms with Gasteiger partial charge in [-0.2, -0.15) is 0 Å². The van der Waals surface area contributed by atoms with Gasteiger partial charge in [0.05, 0.1) is 16.7 Å². The highest BCUT2D eigenvalue weighted by atomic mass is 16.3. The van der Waals surface area contributed by atoms with Gasteiger partial charge in [-0.25, -0.2) is 4.98 Å². The number of hydrogen-bond acceptors (Lipinski definition) is 3. The van der Waals surface area contributed by atoms with E-state index in [0.717, 1.165) is 56.0 Å². The second-order valence-electron chi connectivity index (χ2n) is 14.8. The molecule has 1 aromatic heterocycles. The molecule has 0 spiro atoms. The summed E-state index contributed by atoms with van der Waals surface area (Å²) in [7, 11) is 0. The number of imidazole rings is 1. The number of fused-ring (bicyclic) bond motifs is 1. The lowest BCUT2D eigenvalue weighted by Gasteiger charge is -2.27. The maximum atomic E-state index is 11.5. The van der Waals surface area contributed by atoms with E-state index in [1.54, 1.807) is 6.21 Å². The van der Waals surface area contributed by atoms with E-state index < -0.39 is 0 Å². The first-order valence-electron chi connectivity index (χ1n) is 16.5. The Morgan fingerprint density at radius 2 is 1.40 bits per heavy atom. The number of para-hydroxylation sites is 3. The molecule has 0 bridgehead atoms. The van der Waals surface area contributed by atoms with Crippen LogP contribution >= 0.6 is 0 Å². The van der Waals surface area contributed by atoms with E-state index in [2.05, 4.69) is 145 Å². The van der Waals surface area contributed by atoms with E-state index in [4.69, 9.17) is 9.98 Å². The monoisotopic (exact) mass is 619 g/mol. The quantitative estimate of drug-likeness (QED) is 0.189. The lowest BCUT2D eigenvalue weighted by atomic mass is 9.79. The summed E-state index contributed by atoms with van der Waals surface area (Å²) < 4.78 is 2.23. The SMILES string of the molecule is CC(C)c1cccc(-c2cccc3c2nc(-c2ccccc2N=Cc2cc(C(C)(C)C)cc(C(C)(C)C)c2O)n3-c2ccccc2)c1. The molecule has 0 atom stereocenters. The van der Waals surface area contributed by atoms with Crippen molar-refractivity contribution in [2.24, 2.45) is 4.99 Å². The first-order chi connectivity index (χ1) is 22.3. The smallest absolute Gasteiger partial charge is 0.147 e. The molecule has 0 amide bonds. The molecule has 4 nitrogen and oxygen atoms in total. The summed E-state index contributed by atoms with van der Waals surface area (Å²) in [5.74, 6) is 1.52. The van der Waals surface area contributed by atoms with Crippen molar-refractivity contribution in [3.05, 3.63) is 131 Å². The van der Waals surface area contributed by atoms with Crippen molar-refractivity contribution in [3.63, 3.8) is 0 Å². The first-order valence-corrected chi connectivity index (χ1v) is 16.5. The van der Waals surface area contributed by atoms with Gasteiger partial charge in [0.1, 0.15) is 11.6 Å². The summed E-state index contributed by atoms with van der Waals surface area (Å²) in [4.78, 5) is 10.4. The Balaban J connectivity index is 1.56. The Morgan fingerprint density at radius 1 is 0.723 bits per heavy atom. The Bertz CT molecular complexity index is 2090. The molecule has 6 rings (SSSR count). The van der Waals surface area contributed by atoms with Gasteiger partial charge in [-0.05, 0) is 69.8 Å². The van der Waals surface area contributed by atoms with Crippen LogP contribution < -0.4 is 0 Å². The zero-order valence-electron chi connectivity index (χ0n) is 28.8. The van der Waals surface area contributed by atoms with Crippen LogP contribution in [-0.4, -0.2) is 20.9 Å². The van der Waals surface area contributed by atoms with Gasteiger partial charge in [0.15, 0.2) is 0 Å². The number of rotatable bonds is 6. The minimum absolute atomic E-state index is 0.0822. The fourth-order valence-corrected chi connectivity index (χ4v) is 6.09. The zero-order chi connectivity index (χ0) is 33.5. The summed E-state index contributed by atoms with van der Waals surface area (Å²) in [5.41, 5.74) is 10.7. The summed E-state index contributed by atoms with van der Waals surface area (Å²) in [6.07, 6.45) is 1.80. The third kappa shape index (κ3) is 6.38. The normalized spacial score (nSPS) is 12.4. The van der Waals surface area contributed by atoms with E-state index in [-0.39, 0.29) is 16.6 Å². The van der Waals surface area contributed by atoms with Crippen LogP contribution in [0.1, 0.15) is 83.6 Å². The molecule has 0 aliphatic heterocycles. The number of nitrogens with zero attached hydrogens (tertiary/aromatic N) is 3. The van der Waals surface area contributed by atoms with Crippen LogP contribution in [0.3, 0.4) is 0 Å². The van der Waals surface area contributed by atoms with Gasteiger partial charge in [-0.1, -0.05) is 128 Å². The standard InChI is InChI=1S/C43H45N3O/c1-28(2)29-16-14-17-30(24-29)34-21-15-23-38-39(34)45-41(46(38)33-18-10-9-11-19-33)35-20-12-13-22-37(35)44-27-31-25-32(42(3,4)5)26-36(40(31)47)43(6,7)8/h9-28,47H,1-8H3. The van der Waals surface area contributed by atoms with Crippen molar-refractivity contribution in [2.45, 2.75) is 72.1 Å². The maximum absolute atomic E-state index is 11.5. The first kappa shape index (κ1) is 32.0. The maximum Gasteiger partial charge on any atom is 0.147 e. The molecule has 0 saturated carbocycles. The summed E-state index contributed by atoms with van der Waals surface area (Å²) in [6, 6.07) is 37.9. The Morgan fingerprint density at radius 3 is 2.11 bits per heavy atom. The molecule has 0 aliphatic carbocycles. The van der Waals surface area contributed by atoms with Crippen molar-refractivity contribution in [1.29, 1.82) is 0 Å². The molecule has 1 N–H and O–H groups in total. The van der Waals surface area contributed by atoms with Gasteiger partial charge < -0.3 is 5.11 Å². The predicted octanol–water partition coefficient (Wildman–Crippen LogP) is 11.5. The zero-order valence-corrected chi connectivity index (χ0v) is 28.8. The number of phenolic OH excluding ortho intramolecular Hbond substituents is 1. The molecule has 0 unspecified atom stereocenters. The van der Waals surface area contributed by atoms with E-state index >= 15 is 0 Å². The average Bonchev–Trinajstić information content (AvgIpc) is 3.43. The number of benzene rings is 5. The molecule has 1 heterocycles. The van der Waals surface area contributed by atoms with Gasteiger partial charge in [0.25, 0.3) is 0 Å². The summed E-state index contributed by atoms with van der Waals surface area (Å²) in [6.45, 7) is 17.4. The van der Waals surface area contributed by atoms with Crippen LogP contribution in [-0.2, 0) is 10.8 Å². The molecule has 0 radical (unpaired) electrons. The highest BCUT2D eigenvalue weighted by molar-refractivity contribution is 5.97. The molecule has 0 fully saturated rings. The highest BCUT2D eigenvalue weighted by Crippen LogP contribution is 2.40. The second-order valence-corrected chi connectivity index (χ2v) is 14.8. The fraction of sp³-hybridized carbons (Fsp3) is 0.256. The van der Waals surface area contributed by atoms with E-state index in [0.29, 0.717) is 11.5 Å². The number of hydrogen-bond donors (Lipinski definition) is 1. The van der Waals surface area contributed by atoms with Crippen molar-refractivity contribution in [2.75, 3.05) is 0 Å². The number of aromatic nitrogens is 2. The van der Waals surface area contributed by atoms with Crippen LogP contribution in [0.2, 0.25) is 0 Å². The van der Waals surface area contributed by atoms with Crippen LogP contribution in [0.5, 0.6) is 5.75 Å². The van der Waals surface area contributed by atoms with Crippen molar-refractivity contribution in [1.82, 2.24) is 9.55 Å². The van der Waals surface area contributed by atoms with Crippen LogP contribution in [0.25, 0.3) is 39.2 Å². The van der Waals surface area contributed by atoms with Crippen molar-refractivity contribution < 1.29 is 5.11 Å². The number of phenols is 1. The Labute approximate surface area is 279 Å². The third-order valence-corrected chi connectivity index (χ3v) is 8.86. The minimum Gasteiger partial charge on any atom is -0.507 e. The van der Waals surface area contributed by atoms with Crippen LogP contribution in [0, 0.1) is 0 Å². The topological polar surface area (TPSA) is 50.4 Å². The summed E-state index contributed by atoms with van der Waals surface area (Å²) >= 11 is 0. The Kier molecular flexibility index (Phi) is 8.40. The van der Waals surface area contributed by atoms with Gasteiger partial charge in [-0.15, -0.1) is 0 Å². The molecule has 238 valence electrons. The molecule has 5 aromatic carbocycles. The number of aliphatic imine (C=N–C) groups is 1. The van der Waals surface area contributed by atoms with Gasteiger partial charge in [-0.3, -0.25) is 9.56 Å². The second kappa shape index (κ2) is 12.3. The molecule has 0 aliphatic rings. The van der Waals surface area contributed by atoms with E-state index in [9.17, 15) is 5.11 Å². The van der Waals surface area contributed by atoms with Crippen LogP contribution in [0.15, 0.2) is 114 Å². The van der Waals surface area contributed by atoms with Crippen molar-refractivity contribution in [3.8, 4) is 34.0 Å². The highest BCUT2D eigenvalue weighted by Gasteiger charge is 2.25. The lowest BCUT2D eigenvalue weighted by molar-refractivity contribution is 0.444. The molecule has 47 heavy (non-hydrogen) atoms. The minimum atomic E-state index is -0.223. The molecule has 6 aromatic rings. The predicted molar refractivity (Wildman–Crippen MR) is 199 cm³/mol. The average molecular weight is 620 g/mol. The van der Waals surface area contributed by atoms with Gasteiger partial charge >= 0.3 is 0 Å². The molecule has 4 heteroatoms. The number of aromatic hydroxyl groups is 1. The van der Waals surface area contributed by atoms with Crippen molar-refractivity contribution >= 4 is 22.9 Å². The van der Waals surface area contributed by atoms with E-state index in [1.165, 1.54) is 5.56 Å². The third-order valence-electron chi connectivity index (χ3n) is 8.86. The Hall–Kier alpha value is -4.96.